The first-order valence-electron chi connectivity index (χ1n) is 10.1. The van der Waals surface area contributed by atoms with Gasteiger partial charge in [-0.15, -0.1) is 0 Å². The van der Waals surface area contributed by atoms with Crippen molar-refractivity contribution in [3.8, 4) is 0 Å². The molecule has 4 rings (SSSR count). The van der Waals surface area contributed by atoms with E-state index in [2.05, 4.69) is 122 Å². The Bertz CT molecular complexity index is 911. The summed E-state index contributed by atoms with van der Waals surface area (Å²) in [5.74, 6) is 0. The third-order valence-electron chi connectivity index (χ3n) is 5.67. The van der Waals surface area contributed by atoms with Gasteiger partial charge in [0, 0.05) is 0 Å². The molecule has 0 saturated heterocycles. The van der Waals surface area contributed by atoms with Crippen LogP contribution in [0, 0.1) is 0 Å². The molecule has 0 radical (unpaired) electrons. The molecule has 1 heteroatoms. The van der Waals surface area contributed by atoms with Gasteiger partial charge < -0.3 is 0 Å². The monoisotopic (exact) mass is 382 g/mol. The molecule has 0 nitrogen and oxygen atoms in total. The van der Waals surface area contributed by atoms with Crippen molar-refractivity contribution >= 4 is 23.2 Å². The topological polar surface area (TPSA) is 0 Å². The number of aryl methyl sites for hydroxylation is 1. The molecule has 0 N–H and O–H groups in total. The first-order chi connectivity index (χ1) is 13.8. The van der Waals surface area contributed by atoms with Crippen LogP contribution in [0.25, 0.3) is 0 Å². The summed E-state index contributed by atoms with van der Waals surface area (Å²) in [5.41, 5.74) is 2.84. The van der Waals surface area contributed by atoms with Gasteiger partial charge in [0.2, 0.25) is 0 Å². The first-order valence-corrected chi connectivity index (χ1v) is 12.3. The van der Waals surface area contributed by atoms with Crippen LogP contribution < -0.4 is 15.9 Å². The summed E-state index contributed by atoms with van der Waals surface area (Å²) < 4.78 is 0. The van der Waals surface area contributed by atoms with Crippen molar-refractivity contribution in [3.05, 3.63) is 126 Å². The minimum atomic E-state index is -2.20. The van der Waals surface area contributed by atoms with Gasteiger partial charge in [-0.05, 0) is 0 Å². The van der Waals surface area contributed by atoms with Crippen molar-refractivity contribution in [2.75, 3.05) is 0 Å². The van der Waals surface area contributed by atoms with E-state index in [1.165, 1.54) is 27.0 Å². The number of hydrogen-bond acceptors (Lipinski definition) is 0. The van der Waals surface area contributed by atoms with Crippen molar-refractivity contribution < 1.29 is 0 Å². The van der Waals surface area contributed by atoms with Gasteiger partial charge in [0.05, 0.1) is 0 Å². The van der Waals surface area contributed by atoms with E-state index in [1.807, 2.05) is 0 Å². The standard InChI is InChI=1S/C27H27P/c1-2-23-13-12-14-24(21-23)22-28(25-15-6-3-7-16-25,26-17-8-4-9-18-26)27-19-10-5-11-20-27/h3-21,28H,2,22H2,1H3. The van der Waals surface area contributed by atoms with Crippen molar-refractivity contribution in [3.63, 3.8) is 0 Å². The molecule has 0 spiro atoms. The normalized spacial score (nSPS) is 11.9. The number of hydrogen-bond donors (Lipinski definition) is 0. The van der Waals surface area contributed by atoms with Gasteiger partial charge >= 0.3 is 169 Å². The van der Waals surface area contributed by atoms with Crippen LogP contribution in [0.5, 0.6) is 0 Å². The molecule has 0 saturated carbocycles. The Balaban J connectivity index is 1.98. The van der Waals surface area contributed by atoms with E-state index in [4.69, 9.17) is 0 Å². The fraction of sp³-hybridized carbons (Fsp3) is 0.111. The Labute approximate surface area is 169 Å². The second-order valence-corrected chi connectivity index (χ2v) is 11.2. The van der Waals surface area contributed by atoms with E-state index in [1.54, 1.807) is 0 Å². The van der Waals surface area contributed by atoms with Crippen LogP contribution in [0.15, 0.2) is 115 Å². The average molecular weight is 382 g/mol. The summed E-state index contributed by atoms with van der Waals surface area (Å²) in [6.45, 7) is 2.23. The fourth-order valence-corrected chi connectivity index (χ4v) is 8.97. The third kappa shape index (κ3) is 3.66. The van der Waals surface area contributed by atoms with Gasteiger partial charge in [0.1, 0.15) is 0 Å². The summed E-state index contributed by atoms with van der Waals surface area (Å²) in [6.07, 6.45) is 2.14. The van der Waals surface area contributed by atoms with E-state index in [9.17, 15) is 0 Å². The molecule has 4 aromatic rings. The van der Waals surface area contributed by atoms with Crippen molar-refractivity contribution in [2.45, 2.75) is 19.5 Å². The summed E-state index contributed by atoms with van der Waals surface area (Å²) >= 11 is 0. The maximum atomic E-state index is 2.40. The van der Waals surface area contributed by atoms with E-state index in [-0.39, 0.29) is 0 Å². The van der Waals surface area contributed by atoms with Gasteiger partial charge in [-0.2, -0.15) is 0 Å². The zero-order valence-electron chi connectivity index (χ0n) is 16.4. The molecular weight excluding hydrogens is 355 g/mol. The van der Waals surface area contributed by atoms with E-state index < -0.39 is 7.26 Å². The van der Waals surface area contributed by atoms with Gasteiger partial charge in [-0.1, -0.05) is 0 Å². The van der Waals surface area contributed by atoms with Crippen LogP contribution in [0.4, 0.5) is 0 Å². The molecule has 0 unspecified atom stereocenters. The van der Waals surface area contributed by atoms with Crippen LogP contribution in [0.1, 0.15) is 18.1 Å². The maximum absolute atomic E-state index is 2.40. The molecule has 140 valence electrons. The average Bonchev–Trinajstić information content (AvgIpc) is 2.79. The predicted octanol–water partition coefficient (Wildman–Crippen LogP) is 5.48. The van der Waals surface area contributed by atoms with Gasteiger partial charge in [-0.25, -0.2) is 0 Å². The summed E-state index contributed by atoms with van der Waals surface area (Å²) in [4.78, 5) is 0. The quantitative estimate of drug-likeness (QED) is 0.388. The SMILES string of the molecule is CCc1cccc(C[PH](c2ccccc2)(c2ccccc2)c2ccccc2)c1. The summed E-state index contributed by atoms with van der Waals surface area (Å²) in [6, 6.07) is 42.6. The molecule has 4 aromatic carbocycles. The Morgan fingerprint density at radius 2 is 0.929 bits per heavy atom. The Hall–Kier alpha value is -2.69. The van der Waals surface area contributed by atoms with Crippen molar-refractivity contribution in [1.29, 1.82) is 0 Å². The molecule has 0 bridgehead atoms. The molecule has 0 aliphatic rings. The number of rotatable bonds is 6. The van der Waals surface area contributed by atoms with Crippen LogP contribution in [-0.4, -0.2) is 0 Å². The Morgan fingerprint density at radius 1 is 0.500 bits per heavy atom. The van der Waals surface area contributed by atoms with Gasteiger partial charge in [0.25, 0.3) is 0 Å². The van der Waals surface area contributed by atoms with Gasteiger partial charge in [0.15, 0.2) is 0 Å². The fourth-order valence-electron chi connectivity index (χ4n) is 4.24. The molecule has 0 aliphatic heterocycles. The van der Waals surface area contributed by atoms with Crippen LogP contribution >= 0.6 is 7.26 Å². The van der Waals surface area contributed by atoms with Gasteiger partial charge in [-0.3, -0.25) is 0 Å². The molecule has 0 heterocycles. The number of benzene rings is 4. The van der Waals surface area contributed by atoms with Crippen LogP contribution in [-0.2, 0) is 12.6 Å². The van der Waals surface area contributed by atoms with Crippen molar-refractivity contribution in [1.82, 2.24) is 0 Å². The molecule has 0 aliphatic carbocycles. The van der Waals surface area contributed by atoms with Crippen LogP contribution in [0.3, 0.4) is 0 Å². The first kappa shape index (κ1) is 18.7. The second kappa shape index (κ2) is 8.55. The molecular formula is C27H27P. The molecule has 0 atom stereocenters. The molecule has 0 fully saturated rings. The Kier molecular flexibility index (Phi) is 5.70. The summed E-state index contributed by atoms with van der Waals surface area (Å²) in [7, 11) is -2.20. The molecule has 0 aromatic heterocycles. The minimum absolute atomic E-state index is 1.07. The third-order valence-corrected chi connectivity index (χ3v) is 10.6. The zero-order valence-corrected chi connectivity index (χ0v) is 17.4. The van der Waals surface area contributed by atoms with E-state index in [0.29, 0.717) is 0 Å². The molecule has 0 amide bonds. The summed E-state index contributed by atoms with van der Waals surface area (Å²) in [5, 5.41) is 4.40. The van der Waals surface area contributed by atoms with E-state index >= 15 is 0 Å². The zero-order chi connectivity index (χ0) is 19.2. The second-order valence-electron chi connectivity index (χ2n) is 7.35. The molecule has 28 heavy (non-hydrogen) atoms. The van der Waals surface area contributed by atoms with Crippen molar-refractivity contribution in [2.24, 2.45) is 0 Å². The Morgan fingerprint density at radius 3 is 1.36 bits per heavy atom. The van der Waals surface area contributed by atoms with Crippen LogP contribution in [0.2, 0.25) is 0 Å². The predicted molar refractivity (Wildman–Crippen MR) is 126 cm³/mol. The van der Waals surface area contributed by atoms with E-state index in [0.717, 1.165) is 12.6 Å².